The molecule has 0 radical (unpaired) electrons. The molecule has 0 heterocycles. The molecule has 28 heavy (non-hydrogen) atoms. The molecule has 0 saturated heterocycles. The number of nitrogens with one attached hydrogen (secondary N) is 1. The summed E-state index contributed by atoms with van der Waals surface area (Å²) in [4.78, 5) is 36.9. The molecule has 0 aliphatic heterocycles. The van der Waals surface area contributed by atoms with Crippen molar-refractivity contribution in [3.63, 3.8) is 0 Å². The van der Waals surface area contributed by atoms with Gasteiger partial charge in [-0.1, -0.05) is 48.5 Å². The van der Waals surface area contributed by atoms with Gasteiger partial charge in [0, 0.05) is 11.8 Å². The fourth-order valence-electron chi connectivity index (χ4n) is 4.78. The number of carboxylic acids is 1. The second kappa shape index (κ2) is 7.11. The first-order valence-electron chi connectivity index (χ1n) is 9.38. The molecule has 6 nitrogen and oxygen atoms in total. The van der Waals surface area contributed by atoms with E-state index in [-0.39, 0.29) is 19.1 Å². The highest BCUT2D eigenvalue weighted by Gasteiger charge is 2.55. The number of hydrogen-bond acceptors (Lipinski definition) is 4. The van der Waals surface area contributed by atoms with Gasteiger partial charge in [0.15, 0.2) is 0 Å². The van der Waals surface area contributed by atoms with Gasteiger partial charge in [0.1, 0.15) is 6.54 Å². The van der Waals surface area contributed by atoms with Crippen LogP contribution in [-0.4, -0.2) is 36.1 Å². The molecular weight excluding hydrogens is 358 g/mol. The molecule has 6 heteroatoms. The third-order valence-corrected chi connectivity index (χ3v) is 5.74. The first-order chi connectivity index (χ1) is 13.5. The quantitative estimate of drug-likeness (QED) is 0.778. The van der Waals surface area contributed by atoms with Crippen molar-refractivity contribution in [3.05, 3.63) is 70.8 Å². The van der Waals surface area contributed by atoms with Crippen LogP contribution in [0.4, 0.5) is 0 Å². The normalized spacial score (nSPS) is 24.0. The number of esters is 1. The number of aliphatic carboxylic acids is 1. The maximum Gasteiger partial charge on any atom is 0.325 e. The van der Waals surface area contributed by atoms with E-state index in [1.54, 1.807) is 6.92 Å². The molecule has 0 aromatic heterocycles. The van der Waals surface area contributed by atoms with Crippen LogP contribution in [0.25, 0.3) is 0 Å². The van der Waals surface area contributed by atoms with Crippen molar-refractivity contribution < 1.29 is 24.2 Å². The molecule has 3 aliphatic carbocycles. The van der Waals surface area contributed by atoms with E-state index in [1.165, 1.54) is 0 Å². The molecule has 3 aliphatic rings. The lowest BCUT2D eigenvalue weighted by molar-refractivity contribution is -0.150. The largest absolute Gasteiger partial charge is 0.481 e. The van der Waals surface area contributed by atoms with Crippen molar-refractivity contribution in [2.75, 3.05) is 13.2 Å². The van der Waals surface area contributed by atoms with Gasteiger partial charge in [0.2, 0.25) is 5.91 Å². The van der Waals surface area contributed by atoms with Crippen molar-refractivity contribution in [2.24, 2.45) is 11.8 Å². The van der Waals surface area contributed by atoms with Crippen LogP contribution < -0.4 is 5.32 Å². The molecule has 2 aromatic rings. The van der Waals surface area contributed by atoms with Gasteiger partial charge in [-0.25, -0.2) is 0 Å². The summed E-state index contributed by atoms with van der Waals surface area (Å²) >= 11 is 0. The van der Waals surface area contributed by atoms with E-state index in [2.05, 4.69) is 5.32 Å². The van der Waals surface area contributed by atoms with E-state index in [4.69, 9.17) is 4.74 Å². The Balaban J connectivity index is 1.78. The zero-order valence-electron chi connectivity index (χ0n) is 15.4. The van der Waals surface area contributed by atoms with E-state index in [9.17, 15) is 19.5 Å². The second-order valence-corrected chi connectivity index (χ2v) is 7.13. The number of carboxylic acid groups (broad SMARTS) is 1. The lowest BCUT2D eigenvalue weighted by Gasteiger charge is -2.48. The predicted octanol–water partition coefficient (Wildman–Crippen LogP) is 2.27. The van der Waals surface area contributed by atoms with Crippen LogP contribution in [0.3, 0.4) is 0 Å². The van der Waals surface area contributed by atoms with Crippen LogP contribution in [0.5, 0.6) is 0 Å². The smallest absolute Gasteiger partial charge is 0.325 e. The first kappa shape index (κ1) is 18.2. The third-order valence-electron chi connectivity index (χ3n) is 5.74. The highest BCUT2D eigenvalue weighted by Crippen LogP contribution is 2.58. The molecule has 2 atom stereocenters. The summed E-state index contributed by atoms with van der Waals surface area (Å²) in [6, 6.07) is 15.4. The van der Waals surface area contributed by atoms with Gasteiger partial charge in [0.05, 0.1) is 18.4 Å². The third kappa shape index (κ3) is 2.76. The van der Waals surface area contributed by atoms with Crippen molar-refractivity contribution >= 4 is 17.8 Å². The number of fused-ring (bicyclic) bond motifs is 1. The van der Waals surface area contributed by atoms with Crippen LogP contribution in [-0.2, 0) is 19.1 Å². The minimum Gasteiger partial charge on any atom is -0.481 e. The molecule has 5 rings (SSSR count). The summed E-state index contributed by atoms with van der Waals surface area (Å²) in [6.07, 6.45) is 0. The molecule has 0 spiro atoms. The molecule has 1 amide bonds. The number of hydrogen-bond donors (Lipinski definition) is 2. The molecule has 144 valence electrons. The van der Waals surface area contributed by atoms with Crippen molar-refractivity contribution in [3.8, 4) is 0 Å². The topological polar surface area (TPSA) is 92.7 Å². The molecule has 0 saturated carbocycles. The first-order valence-corrected chi connectivity index (χ1v) is 9.38. The van der Waals surface area contributed by atoms with Gasteiger partial charge in [0.25, 0.3) is 0 Å². The van der Waals surface area contributed by atoms with E-state index in [1.807, 2.05) is 48.5 Å². The number of carbonyl (C=O) groups excluding carboxylic acids is 2. The molecular formula is C22H21NO5. The monoisotopic (exact) mass is 379 g/mol. The number of carbonyl (C=O) groups is 3. The SMILES string of the molecule is CCOC(=O)CNC(=O)[C@@H]1C2c3ccccc3C(c3ccccc32)[C@H]1C(=O)O. The zero-order chi connectivity index (χ0) is 19.8. The predicted molar refractivity (Wildman–Crippen MR) is 101 cm³/mol. The number of ether oxygens (including phenoxy) is 1. The maximum absolute atomic E-state index is 13.0. The summed E-state index contributed by atoms with van der Waals surface area (Å²) in [5.41, 5.74) is 3.90. The summed E-state index contributed by atoms with van der Waals surface area (Å²) < 4.78 is 4.86. The average molecular weight is 379 g/mol. The van der Waals surface area contributed by atoms with E-state index < -0.39 is 35.6 Å². The summed E-state index contributed by atoms with van der Waals surface area (Å²) in [6.45, 7) is 1.64. The lowest BCUT2D eigenvalue weighted by atomic mass is 9.54. The van der Waals surface area contributed by atoms with Crippen LogP contribution in [0.1, 0.15) is 41.0 Å². The molecule has 2 bridgehead atoms. The van der Waals surface area contributed by atoms with Crippen LogP contribution in [0.15, 0.2) is 48.5 Å². The lowest BCUT2D eigenvalue weighted by Crippen LogP contribution is -2.50. The Bertz CT molecular complexity index is 906. The Morgan fingerprint density at radius 3 is 1.79 bits per heavy atom. The molecule has 0 unspecified atom stereocenters. The summed E-state index contributed by atoms with van der Waals surface area (Å²) in [5.74, 6) is -4.41. The van der Waals surface area contributed by atoms with E-state index in [0.717, 1.165) is 22.3 Å². The Hall–Kier alpha value is -3.15. The highest BCUT2D eigenvalue weighted by molar-refractivity contribution is 5.91. The Labute approximate surface area is 162 Å². The minimum atomic E-state index is -1.00. The zero-order valence-corrected chi connectivity index (χ0v) is 15.4. The van der Waals surface area contributed by atoms with Crippen LogP contribution in [0.2, 0.25) is 0 Å². The Morgan fingerprint density at radius 1 is 0.893 bits per heavy atom. The fourth-order valence-corrected chi connectivity index (χ4v) is 4.78. The number of benzene rings is 2. The standard InChI is InChI=1S/C22H21NO5/c1-2-28-16(24)11-23-21(25)19-17-12-7-3-5-9-14(12)18(20(19)22(26)27)15-10-6-4-8-13(15)17/h3-10,17-20H,2,11H2,1H3,(H,23,25)(H,26,27)/t17?,18?,19-,20-/m1/s1. The van der Waals surface area contributed by atoms with Gasteiger partial charge in [-0.15, -0.1) is 0 Å². The van der Waals surface area contributed by atoms with Crippen molar-refractivity contribution in [2.45, 2.75) is 18.8 Å². The van der Waals surface area contributed by atoms with Gasteiger partial charge >= 0.3 is 11.9 Å². The Kier molecular flexibility index (Phi) is 4.63. The van der Waals surface area contributed by atoms with E-state index in [0.29, 0.717) is 0 Å². The maximum atomic E-state index is 13.0. The Morgan fingerprint density at radius 2 is 1.36 bits per heavy atom. The highest BCUT2D eigenvalue weighted by atomic mass is 16.5. The summed E-state index contributed by atoms with van der Waals surface area (Å²) in [7, 11) is 0. The van der Waals surface area contributed by atoms with Crippen LogP contribution >= 0.6 is 0 Å². The number of amides is 1. The van der Waals surface area contributed by atoms with Crippen molar-refractivity contribution in [1.82, 2.24) is 5.32 Å². The minimum absolute atomic E-state index is 0.224. The van der Waals surface area contributed by atoms with E-state index >= 15 is 0 Å². The van der Waals surface area contributed by atoms with Crippen molar-refractivity contribution in [1.29, 1.82) is 0 Å². The average Bonchev–Trinajstić information content (AvgIpc) is 2.71. The van der Waals surface area contributed by atoms with Gasteiger partial charge in [-0.2, -0.15) is 0 Å². The second-order valence-electron chi connectivity index (χ2n) is 7.13. The van der Waals surface area contributed by atoms with Gasteiger partial charge < -0.3 is 15.2 Å². The van der Waals surface area contributed by atoms with Crippen LogP contribution in [0, 0.1) is 11.8 Å². The van der Waals surface area contributed by atoms with Gasteiger partial charge in [-0.05, 0) is 29.2 Å². The molecule has 2 N–H and O–H groups in total. The van der Waals surface area contributed by atoms with Gasteiger partial charge in [-0.3, -0.25) is 14.4 Å². The molecule has 0 fully saturated rings. The molecule has 2 aromatic carbocycles. The fraction of sp³-hybridized carbons (Fsp3) is 0.318. The number of rotatable bonds is 5. The summed E-state index contributed by atoms with van der Waals surface area (Å²) in [5, 5.41) is 12.6.